The zero-order chi connectivity index (χ0) is 10.6. The van der Waals surface area contributed by atoms with Gasteiger partial charge in [0, 0.05) is 4.47 Å². The van der Waals surface area contributed by atoms with E-state index in [1.54, 1.807) is 12.1 Å². The molecule has 0 bridgehead atoms. The Balaban J connectivity index is 2.97. The van der Waals surface area contributed by atoms with Crippen molar-refractivity contribution in [1.29, 1.82) is 0 Å². The van der Waals surface area contributed by atoms with Crippen LogP contribution in [0.1, 0.15) is 18.0 Å². The summed E-state index contributed by atoms with van der Waals surface area (Å²) < 4.78 is 13.5. The Bertz CT molecular complexity index is 328. The Kier molecular flexibility index (Phi) is 4.25. The number of hydrogen-bond donors (Lipinski definition) is 2. The molecule has 0 aromatic heterocycles. The summed E-state index contributed by atoms with van der Waals surface area (Å²) in [6.45, 7) is 3.64. The summed E-state index contributed by atoms with van der Waals surface area (Å²) in [5.74, 6) is 5.12. The van der Waals surface area contributed by atoms with Crippen molar-refractivity contribution in [3.05, 3.63) is 46.7 Å². The maximum absolute atomic E-state index is 12.8. The molecule has 0 aliphatic heterocycles. The first-order chi connectivity index (χ1) is 6.69. The molecule has 0 amide bonds. The molecule has 0 aliphatic rings. The summed E-state index contributed by atoms with van der Waals surface area (Å²) in [4.78, 5) is 0. The molecule has 2 nitrogen and oxygen atoms in total. The molecule has 1 aromatic carbocycles. The van der Waals surface area contributed by atoms with Crippen LogP contribution in [0.2, 0.25) is 0 Å². The average Bonchev–Trinajstić information content (AvgIpc) is 2.15. The fourth-order valence-electron chi connectivity index (χ4n) is 1.24. The molecule has 1 aromatic rings. The van der Waals surface area contributed by atoms with Crippen LogP contribution in [-0.2, 0) is 0 Å². The molecule has 0 aliphatic carbocycles. The van der Waals surface area contributed by atoms with Gasteiger partial charge in [0.05, 0.1) is 6.04 Å². The summed E-state index contributed by atoms with van der Waals surface area (Å²) in [7, 11) is 0. The molecule has 0 radical (unpaired) electrons. The monoisotopic (exact) mass is 258 g/mol. The minimum absolute atomic E-state index is 0.0394. The molecule has 3 N–H and O–H groups in total. The number of rotatable bonds is 4. The minimum atomic E-state index is -0.269. The third-order valence-electron chi connectivity index (χ3n) is 1.94. The molecule has 1 rings (SSSR count). The van der Waals surface area contributed by atoms with Crippen LogP contribution in [0.3, 0.4) is 0 Å². The van der Waals surface area contributed by atoms with E-state index in [1.165, 1.54) is 12.1 Å². The van der Waals surface area contributed by atoms with E-state index in [0.29, 0.717) is 10.9 Å². The largest absolute Gasteiger partial charge is 0.271 e. The predicted octanol–water partition coefficient (Wildman–Crippen LogP) is 2.67. The molecule has 0 spiro atoms. The van der Waals surface area contributed by atoms with Crippen LogP contribution >= 0.6 is 15.9 Å². The summed E-state index contributed by atoms with van der Waals surface area (Å²) in [5, 5.41) is 0. The number of nitrogens with one attached hydrogen (secondary N) is 1. The molecule has 1 atom stereocenters. The molecular weight excluding hydrogens is 247 g/mol. The van der Waals surface area contributed by atoms with Crippen molar-refractivity contribution >= 4 is 15.9 Å². The van der Waals surface area contributed by atoms with Gasteiger partial charge in [-0.15, -0.1) is 6.58 Å². The quantitative estimate of drug-likeness (QED) is 0.495. The fourth-order valence-corrected chi connectivity index (χ4v) is 1.86. The van der Waals surface area contributed by atoms with Crippen LogP contribution in [0.15, 0.2) is 35.3 Å². The van der Waals surface area contributed by atoms with Crippen LogP contribution < -0.4 is 11.3 Å². The first-order valence-electron chi connectivity index (χ1n) is 4.21. The highest BCUT2D eigenvalue weighted by atomic mass is 79.9. The van der Waals surface area contributed by atoms with Gasteiger partial charge in [-0.1, -0.05) is 28.1 Å². The van der Waals surface area contributed by atoms with Crippen LogP contribution in [0.25, 0.3) is 0 Å². The Labute approximate surface area is 91.1 Å². The SMILES string of the molecule is C=CCC(NN)c1ccc(F)cc1Br. The number of hydrazine groups is 1. The van der Waals surface area contributed by atoms with Crippen molar-refractivity contribution in [2.75, 3.05) is 0 Å². The van der Waals surface area contributed by atoms with E-state index >= 15 is 0 Å². The normalized spacial score (nSPS) is 12.5. The van der Waals surface area contributed by atoms with Crippen molar-refractivity contribution in [2.24, 2.45) is 5.84 Å². The Hall–Kier alpha value is -0.710. The molecule has 1 unspecified atom stereocenters. The second-order valence-electron chi connectivity index (χ2n) is 2.91. The van der Waals surface area contributed by atoms with Crippen LogP contribution in [0.4, 0.5) is 4.39 Å². The van der Waals surface area contributed by atoms with Crippen molar-refractivity contribution in [2.45, 2.75) is 12.5 Å². The van der Waals surface area contributed by atoms with E-state index < -0.39 is 0 Å². The molecule has 0 fully saturated rings. The summed E-state index contributed by atoms with van der Waals surface area (Å²) >= 11 is 3.29. The third-order valence-corrected chi connectivity index (χ3v) is 2.63. The lowest BCUT2D eigenvalue weighted by molar-refractivity contribution is 0.556. The van der Waals surface area contributed by atoms with E-state index in [9.17, 15) is 4.39 Å². The highest BCUT2D eigenvalue weighted by molar-refractivity contribution is 9.10. The smallest absolute Gasteiger partial charge is 0.124 e. The minimum Gasteiger partial charge on any atom is -0.271 e. The van der Waals surface area contributed by atoms with Gasteiger partial charge in [0.25, 0.3) is 0 Å². The maximum atomic E-state index is 12.8. The summed E-state index contributed by atoms with van der Waals surface area (Å²) in [5.41, 5.74) is 3.58. The summed E-state index contributed by atoms with van der Waals surface area (Å²) in [6, 6.07) is 4.49. The molecule has 14 heavy (non-hydrogen) atoms. The molecule has 0 saturated heterocycles. The van der Waals surface area contributed by atoms with Crippen LogP contribution in [0, 0.1) is 5.82 Å². The standard InChI is InChI=1S/C10H12BrFN2/c1-2-3-10(14-13)8-5-4-7(12)6-9(8)11/h2,4-6,10,14H,1,3,13H2. The van der Waals surface area contributed by atoms with Gasteiger partial charge in [0.1, 0.15) is 5.82 Å². The van der Waals surface area contributed by atoms with Gasteiger partial charge in [-0.25, -0.2) is 4.39 Å². The highest BCUT2D eigenvalue weighted by Gasteiger charge is 2.11. The summed E-state index contributed by atoms with van der Waals surface area (Å²) in [6.07, 6.45) is 2.46. The Morgan fingerprint density at radius 1 is 1.64 bits per heavy atom. The van der Waals surface area contributed by atoms with E-state index in [-0.39, 0.29) is 11.9 Å². The van der Waals surface area contributed by atoms with Gasteiger partial charge < -0.3 is 0 Å². The highest BCUT2D eigenvalue weighted by Crippen LogP contribution is 2.25. The van der Waals surface area contributed by atoms with Crippen molar-refractivity contribution in [1.82, 2.24) is 5.43 Å². The van der Waals surface area contributed by atoms with Crippen molar-refractivity contribution in [3.8, 4) is 0 Å². The number of nitrogens with two attached hydrogens (primary N) is 1. The lowest BCUT2D eigenvalue weighted by Gasteiger charge is -2.15. The van der Waals surface area contributed by atoms with Gasteiger partial charge >= 0.3 is 0 Å². The lowest BCUT2D eigenvalue weighted by Crippen LogP contribution is -2.27. The van der Waals surface area contributed by atoms with E-state index in [0.717, 1.165) is 5.56 Å². The number of hydrogen-bond acceptors (Lipinski definition) is 2. The third kappa shape index (κ3) is 2.64. The lowest BCUT2D eigenvalue weighted by atomic mass is 10.0. The van der Waals surface area contributed by atoms with Crippen molar-refractivity contribution in [3.63, 3.8) is 0 Å². The molecular formula is C10H12BrFN2. The van der Waals surface area contributed by atoms with Gasteiger partial charge in [0.15, 0.2) is 0 Å². The van der Waals surface area contributed by atoms with Gasteiger partial charge in [-0.05, 0) is 24.1 Å². The number of benzene rings is 1. The molecule has 4 heteroatoms. The van der Waals surface area contributed by atoms with Crippen LogP contribution in [-0.4, -0.2) is 0 Å². The first kappa shape index (κ1) is 11.4. The Morgan fingerprint density at radius 2 is 2.36 bits per heavy atom. The molecule has 0 saturated carbocycles. The predicted molar refractivity (Wildman–Crippen MR) is 59.0 cm³/mol. The van der Waals surface area contributed by atoms with Gasteiger partial charge in [0.2, 0.25) is 0 Å². The Morgan fingerprint density at radius 3 is 2.86 bits per heavy atom. The zero-order valence-corrected chi connectivity index (χ0v) is 9.22. The second kappa shape index (κ2) is 5.24. The fraction of sp³-hybridized carbons (Fsp3) is 0.200. The van der Waals surface area contributed by atoms with E-state index in [2.05, 4.69) is 27.9 Å². The molecule has 0 heterocycles. The first-order valence-corrected chi connectivity index (χ1v) is 5.00. The van der Waals surface area contributed by atoms with Crippen LogP contribution in [0.5, 0.6) is 0 Å². The molecule has 76 valence electrons. The average molecular weight is 259 g/mol. The number of halogens is 2. The van der Waals surface area contributed by atoms with E-state index in [1.807, 2.05) is 0 Å². The van der Waals surface area contributed by atoms with Crippen molar-refractivity contribution < 1.29 is 4.39 Å². The van der Waals surface area contributed by atoms with E-state index in [4.69, 9.17) is 5.84 Å². The topological polar surface area (TPSA) is 38.0 Å². The zero-order valence-electron chi connectivity index (χ0n) is 7.63. The van der Waals surface area contributed by atoms with Gasteiger partial charge in [-0.2, -0.15) is 0 Å². The maximum Gasteiger partial charge on any atom is 0.124 e. The van der Waals surface area contributed by atoms with Gasteiger partial charge in [-0.3, -0.25) is 11.3 Å². The second-order valence-corrected chi connectivity index (χ2v) is 3.76.